The van der Waals surface area contributed by atoms with Crippen LogP contribution in [0.3, 0.4) is 0 Å². The van der Waals surface area contributed by atoms with Gasteiger partial charge < -0.3 is 4.90 Å². The van der Waals surface area contributed by atoms with E-state index >= 15 is 0 Å². The van der Waals surface area contributed by atoms with Gasteiger partial charge in [0.05, 0.1) is 34.4 Å². The lowest BCUT2D eigenvalue weighted by Gasteiger charge is -2.33. The summed E-state index contributed by atoms with van der Waals surface area (Å²) in [5, 5.41) is 9.01. The molecule has 0 unspecified atom stereocenters. The number of amides is 1. The lowest BCUT2D eigenvalue weighted by atomic mass is 9.94. The third kappa shape index (κ3) is 3.12. The standard InChI is InChI=1S/C23H21F3N6O/c1-11-18(21-12(2)27-6-8-32(21)28-11)23(33)31-7-5-15-20(13(31)3)29-30(4)22(15)14-9-16(24)19(26)17(25)10-14/h6,8-10,13H,5,7H2,1-4H3/t13-/m0/s1. The number of carbonyl (C=O) groups excluding carboxylic acids is 1. The number of hydrogen-bond acceptors (Lipinski definition) is 4. The fourth-order valence-electron chi connectivity index (χ4n) is 4.75. The molecule has 0 fully saturated rings. The van der Waals surface area contributed by atoms with Gasteiger partial charge in [-0.2, -0.15) is 10.2 Å². The van der Waals surface area contributed by atoms with E-state index in [0.717, 1.165) is 17.7 Å². The Hall–Kier alpha value is -3.69. The summed E-state index contributed by atoms with van der Waals surface area (Å²) in [6.07, 6.45) is 3.77. The van der Waals surface area contributed by atoms with Gasteiger partial charge in [0.25, 0.3) is 5.91 Å². The van der Waals surface area contributed by atoms with Crippen molar-refractivity contribution in [3.8, 4) is 11.3 Å². The van der Waals surface area contributed by atoms with Crippen molar-refractivity contribution in [3.63, 3.8) is 0 Å². The van der Waals surface area contributed by atoms with Gasteiger partial charge in [-0.1, -0.05) is 0 Å². The second-order valence-corrected chi connectivity index (χ2v) is 8.28. The molecule has 0 spiro atoms. The molecule has 1 aliphatic heterocycles. The van der Waals surface area contributed by atoms with Crippen LogP contribution < -0.4 is 0 Å². The van der Waals surface area contributed by atoms with Crippen molar-refractivity contribution in [2.24, 2.45) is 7.05 Å². The monoisotopic (exact) mass is 454 g/mol. The summed E-state index contributed by atoms with van der Waals surface area (Å²) < 4.78 is 44.4. The molecule has 10 heteroatoms. The molecule has 0 saturated carbocycles. The zero-order valence-electron chi connectivity index (χ0n) is 18.5. The van der Waals surface area contributed by atoms with Crippen molar-refractivity contribution in [1.82, 2.24) is 29.3 Å². The van der Waals surface area contributed by atoms with E-state index in [9.17, 15) is 18.0 Å². The molecular formula is C23H21F3N6O. The highest BCUT2D eigenvalue weighted by Crippen LogP contribution is 2.37. The number of aromatic nitrogens is 5. The Morgan fingerprint density at radius 2 is 1.79 bits per heavy atom. The van der Waals surface area contributed by atoms with E-state index in [1.165, 1.54) is 4.68 Å². The second-order valence-electron chi connectivity index (χ2n) is 8.28. The van der Waals surface area contributed by atoms with E-state index in [1.54, 1.807) is 35.8 Å². The quantitative estimate of drug-likeness (QED) is 0.431. The van der Waals surface area contributed by atoms with Gasteiger partial charge in [-0.05, 0) is 39.3 Å². The molecule has 4 aromatic rings. The zero-order chi connectivity index (χ0) is 23.6. The summed E-state index contributed by atoms with van der Waals surface area (Å²) in [6, 6.07) is 1.55. The van der Waals surface area contributed by atoms with Gasteiger partial charge in [0, 0.05) is 37.1 Å². The largest absolute Gasteiger partial charge is 0.330 e. The molecule has 0 N–H and O–H groups in total. The van der Waals surface area contributed by atoms with Crippen LogP contribution in [0.4, 0.5) is 13.2 Å². The summed E-state index contributed by atoms with van der Waals surface area (Å²) in [7, 11) is 1.66. The van der Waals surface area contributed by atoms with Gasteiger partial charge in [-0.15, -0.1) is 0 Å². The fourth-order valence-corrected chi connectivity index (χ4v) is 4.75. The van der Waals surface area contributed by atoms with Crippen LogP contribution in [0.25, 0.3) is 16.8 Å². The van der Waals surface area contributed by atoms with Crippen molar-refractivity contribution in [2.75, 3.05) is 6.54 Å². The summed E-state index contributed by atoms with van der Waals surface area (Å²) in [6.45, 7) is 5.87. The molecule has 1 amide bonds. The van der Waals surface area contributed by atoms with Crippen molar-refractivity contribution in [2.45, 2.75) is 33.2 Å². The molecule has 1 atom stereocenters. The molecule has 0 bridgehead atoms. The molecule has 170 valence electrons. The van der Waals surface area contributed by atoms with E-state index in [1.807, 2.05) is 13.8 Å². The highest BCUT2D eigenvalue weighted by atomic mass is 19.2. The Bertz CT molecular complexity index is 1420. The van der Waals surface area contributed by atoms with Gasteiger partial charge in [-0.3, -0.25) is 14.5 Å². The van der Waals surface area contributed by atoms with Crippen molar-refractivity contribution < 1.29 is 18.0 Å². The van der Waals surface area contributed by atoms with E-state index in [2.05, 4.69) is 15.2 Å². The first-order chi connectivity index (χ1) is 15.7. The maximum atomic E-state index is 13.9. The van der Waals surface area contributed by atoms with Crippen molar-refractivity contribution in [3.05, 3.63) is 70.2 Å². The minimum Gasteiger partial charge on any atom is -0.330 e. The number of hydrogen-bond donors (Lipinski definition) is 0. The van der Waals surface area contributed by atoms with Crippen LogP contribution in [0.2, 0.25) is 0 Å². The Kier molecular flexibility index (Phi) is 4.77. The third-order valence-electron chi connectivity index (χ3n) is 6.28. The molecule has 3 aromatic heterocycles. The predicted octanol–water partition coefficient (Wildman–Crippen LogP) is 3.92. The summed E-state index contributed by atoms with van der Waals surface area (Å²) >= 11 is 0. The first kappa shape index (κ1) is 21.2. The predicted molar refractivity (Wildman–Crippen MR) is 114 cm³/mol. The van der Waals surface area contributed by atoms with Gasteiger partial charge in [0.1, 0.15) is 5.52 Å². The van der Waals surface area contributed by atoms with Gasteiger partial charge in [-0.25, -0.2) is 17.7 Å². The van der Waals surface area contributed by atoms with Gasteiger partial charge >= 0.3 is 0 Å². The lowest BCUT2D eigenvalue weighted by Crippen LogP contribution is -2.39. The molecule has 7 nitrogen and oxygen atoms in total. The molecule has 0 saturated heterocycles. The maximum absolute atomic E-state index is 13.9. The number of carbonyl (C=O) groups is 1. The van der Waals surface area contributed by atoms with Crippen LogP contribution in [0.5, 0.6) is 0 Å². The lowest BCUT2D eigenvalue weighted by molar-refractivity contribution is 0.0675. The van der Waals surface area contributed by atoms with E-state index in [4.69, 9.17) is 0 Å². The average molecular weight is 454 g/mol. The second kappa shape index (κ2) is 7.43. The summed E-state index contributed by atoms with van der Waals surface area (Å²) in [5.74, 6) is -4.20. The normalized spacial score (nSPS) is 15.8. The number of rotatable bonds is 2. The fraction of sp³-hybridized carbons (Fsp3) is 0.304. The van der Waals surface area contributed by atoms with Crippen LogP contribution >= 0.6 is 0 Å². The maximum Gasteiger partial charge on any atom is 0.258 e. The molecule has 0 aliphatic carbocycles. The third-order valence-corrected chi connectivity index (χ3v) is 6.28. The average Bonchev–Trinajstić information content (AvgIpc) is 3.28. The van der Waals surface area contributed by atoms with Crippen LogP contribution in [0.15, 0.2) is 24.5 Å². The Morgan fingerprint density at radius 3 is 2.48 bits per heavy atom. The van der Waals surface area contributed by atoms with Crippen LogP contribution in [-0.4, -0.2) is 41.7 Å². The molecule has 0 radical (unpaired) electrons. The number of nitrogens with zero attached hydrogens (tertiary/aromatic N) is 6. The minimum atomic E-state index is -1.51. The molecule has 4 heterocycles. The minimum absolute atomic E-state index is 0.178. The summed E-state index contributed by atoms with van der Waals surface area (Å²) in [4.78, 5) is 19.6. The Balaban J connectivity index is 1.56. The molecular weight excluding hydrogens is 433 g/mol. The van der Waals surface area contributed by atoms with Crippen LogP contribution in [-0.2, 0) is 13.5 Å². The highest BCUT2D eigenvalue weighted by molar-refractivity contribution is 6.02. The molecule has 5 rings (SSSR count). The summed E-state index contributed by atoms with van der Waals surface area (Å²) in [5.41, 5.74) is 4.60. The SMILES string of the molecule is Cc1nn2ccnc(C)c2c1C(=O)N1CCc2c(nn(C)c2-c2cc(F)c(F)c(F)c2)[C@@H]1C. The molecule has 1 aromatic carbocycles. The first-order valence-corrected chi connectivity index (χ1v) is 10.5. The van der Waals surface area contributed by atoms with E-state index in [0.29, 0.717) is 46.8 Å². The smallest absolute Gasteiger partial charge is 0.258 e. The Labute approximate surface area is 187 Å². The Morgan fingerprint density at radius 1 is 1.09 bits per heavy atom. The number of aryl methyl sites for hydroxylation is 3. The van der Waals surface area contributed by atoms with Crippen LogP contribution in [0.1, 0.15) is 46.0 Å². The van der Waals surface area contributed by atoms with Crippen molar-refractivity contribution in [1.29, 1.82) is 0 Å². The zero-order valence-corrected chi connectivity index (χ0v) is 18.5. The molecule has 33 heavy (non-hydrogen) atoms. The number of halogens is 3. The van der Waals surface area contributed by atoms with E-state index in [-0.39, 0.29) is 17.5 Å². The van der Waals surface area contributed by atoms with Gasteiger partial charge in [0.2, 0.25) is 0 Å². The molecule has 1 aliphatic rings. The van der Waals surface area contributed by atoms with Gasteiger partial charge in [0.15, 0.2) is 17.5 Å². The first-order valence-electron chi connectivity index (χ1n) is 10.5. The van der Waals surface area contributed by atoms with Crippen LogP contribution in [0, 0.1) is 31.3 Å². The highest BCUT2D eigenvalue weighted by Gasteiger charge is 2.35. The topological polar surface area (TPSA) is 68.3 Å². The van der Waals surface area contributed by atoms with E-state index < -0.39 is 17.5 Å². The number of fused-ring (bicyclic) bond motifs is 2. The van der Waals surface area contributed by atoms with Crippen molar-refractivity contribution >= 4 is 11.4 Å². The number of benzene rings is 1.